The number of ether oxygens (including phenoxy) is 1. The summed E-state index contributed by atoms with van der Waals surface area (Å²) in [5, 5.41) is 3.57. The summed E-state index contributed by atoms with van der Waals surface area (Å²) in [6.45, 7) is 5.43. The first kappa shape index (κ1) is 13.4. The van der Waals surface area contributed by atoms with Crippen molar-refractivity contribution in [1.82, 2.24) is 5.32 Å². The Morgan fingerprint density at radius 3 is 2.89 bits per heavy atom. The highest BCUT2D eigenvalue weighted by Crippen LogP contribution is 2.31. The first-order valence-electron chi connectivity index (χ1n) is 7.09. The van der Waals surface area contributed by atoms with Crippen molar-refractivity contribution >= 4 is 0 Å². The van der Waals surface area contributed by atoms with Crippen LogP contribution in [0.25, 0.3) is 0 Å². The summed E-state index contributed by atoms with van der Waals surface area (Å²) in [5.41, 5.74) is 2.70. The van der Waals surface area contributed by atoms with Crippen LogP contribution in [0.5, 0.6) is 5.75 Å². The summed E-state index contributed by atoms with van der Waals surface area (Å²) >= 11 is 0. The number of nitrogens with one attached hydrogen (secondary N) is 1. The molecule has 0 amide bonds. The summed E-state index contributed by atoms with van der Waals surface area (Å²) in [6.07, 6.45) is 5.14. The zero-order valence-electron chi connectivity index (χ0n) is 11.8. The molecule has 1 aliphatic rings. The molecule has 0 saturated heterocycles. The normalized spacial score (nSPS) is 23.3. The van der Waals surface area contributed by atoms with Gasteiger partial charge in [0.25, 0.3) is 0 Å². The lowest BCUT2D eigenvalue weighted by Gasteiger charge is -2.15. The largest absolute Gasteiger partial charge is 0.496 e. The Kier molecular flexibility index (Phi) is 4.65. The highest BCUT2D eigenvalue weighted by atomic mass is 16.5. The average Bonchev–Trinajstić information content (AvgIpc) is 2.77. The van der Waals surface area contributed by atoms with E-state index in [0.29, 0.717) is 0 Å². The lowest BCUT2D eigenvalue weighted by Crippen LogP contribution is -2.25. The average molecular weight is 247 g/mol. The molecule has 0 aliphatic heterocycles. The molecule has 1 aromatic rings. The van der Waals surface area contributed by atoms with Crippen molar-refractivity contribution < 1.29 is 4.74 Å². The standard InChI is InChI=1S/C16H25NO/c1-4-17-15-7-6-13(11-15)10-14-9-12(2)5-8-16(14)18-3/h5,8-9,13,15,17H,4,6-7,10-11H2,1-3H3. The summed E-state index contributed by atoms with van der Waals surface area (Å²) in [4.78, 5) is 0. The third-order valence-electron chi connectivity index (χ3n) is 3.98. The third-order valence-corrected chi connectivity index (χ3v) is 3.98. The Balaban J connectivity index is 1.99. The van der Waals surface area contributed by atoms with Crippen molar-refractivity contribution in [2.45, 2.75) is 45.6 Å². The van der Waals surface area contributed by atoms with Crippen LogP contribution in [0.15, 0.2) is 18.2 Å². The van der Waals surface area contributed by atoms with Crippen molar-refractivity contribution in [3.8, 4) is 5.75 Å². The van der Waals surface area contributed by atoms with E-state index in [1.165, 1.54) is 30.4 Å². The summed E-state index contributed by atoms with van der Waals surface area (Å²) < 4.78 is 5.47. The topological polar surface area (TPSA) is 21.3 Å². The number of rotatable bonds is 5. The molecule has 2 heteroatoms. The van der Waals surface area contributed by atoms with Gasteiger partial charge in [0.05, 0.1) is 7.11 Å². The predicted molar refractivity (Wildman–Crippen MR) is 76.2 cm³/mol. The van der Waals surface area contributed by atoms with Crippen molar-refractivity contribution in [1.29, 1.82) is 0 Å². The maximum Gasteiger partial charge on any atom is 0.122 e. The molecule has 0 spiro atoms. The minimum absolute atomic E-state index is 0.732. The molecule has 2 nitrogen and oxygen atoms in total. The SMILES string of the molecule is CCNC1CCC(Cc2cc(C)ccc2OC)C1. The fourth-order valence-corrected chi connectivity index (χ4v) is 3.11. The Bertz CT molecular complexity index is 389. The molecule has 1 saturated carbocycles. The molecule has 1 N–H and O–H groups in total. The van der Waals surface area contributed by atoms with Gasteiger partial charge in [-0.3, -0.25) is 0 Å². The van der Waals surface area contributed by atoms with Crippen LogP contribution in [0.3, 0.4) is 0 Å². The van der Waals surface area contributed by atoms with E-state index >= 15 is 0 Å². The number of aryl methyl sites for hydroxylation is 1. The van der Waals surface area contributed by atoms with E-state index in [1.807, 2.05) is 0 Å². The van der Waals surface area contributed by atoms with E-state index in [2.05, 4.69) is 37.4 Å². The molecule has 0 radical (unpaired) electrons. The van der Waals surface area contributed by atoms with Crippen LogP contribution < -0.4 is 10.1 Å². The predicted octanol–water partition coefficient (Wildman–Crippen LogP) is 3.32. The molecule has 2 unspecified atom stereocenters. The van der Waals surface area contributed by atoms with Gasteiger partial charge in [0.2, 0.25) is 0 Å². The monoisotopic (exact) mass is 247 g/mol. The second-order valence-corrected chi connectivity index (χ2v) is 5.45. The van der Waals surface area contributed by atoms with Crippen molar-refractivity contribution in [2.24, 2.45) is 5.92 Å². The minimum atomic E-state index is 0.732. The molecule has 2 rings (SSSR count). The highest BCUT2D eigenvalue weighted by molar-refractivity contribution is 5.37. The molecule has 2 atom stereocenters. The van der Waals surface area contributed by atoms with Crippen molar-refractivity contribution in [3.63, 3.8) is 0 Å². The van der Waals surface area contributed by atoms with Crippen LogP contribution in [-0.2, 0) is 6.42 Å². The van der Waals surface area contributed by atoms with Gasteiger partial charge in [0.15, 0.2) is 0 Å². The summed E-state index contributed by atoms with van der Waals surface area (Å²) in [7, 11) is 1.77. The molecule has 1 aromatic carbocycles. The van der Waals surface area contributed by atoms with Gasteiger partial charge in [-0.25, -0.2) is 0 Å². The smallest absolute Gasteiger partial charge is 0.122 e. The fourth-order valence-electron chi connectivity index (χ4n) is 3.11. The molecular formula is C16H25NO. The van der Waals surface area contributed by atoms with Crippen molar-refractivity contribution in [3.05, 3.63) is 29.3 Å². The van der Waals surface area contributed by atoms with Gasteiger partial charge in [0.1, 0.15) is 5.75 Å². The van der Waals surface area contributed by atoms with Crippen LogP contribution in [0.1, 0.15) is 37.3 Å². The molecular weight excluding hydrogens is 222 g/mol. The molecule has 1 fully saturated rings. The first-order chi connectivity index (χ1) is 8.72. The lowest BCUT2D eigenvalue weighted by atomic mass is 9.96. The Morgan fingerprint density at radius 1 is 1.33 bits per heavy atom. The quantitative estimate of drug-likeness (QED) is 0.862. The van der Waals surface area contributed by atoms with E-state index in [4.69, 9.17) is 4.74 Å². The maximum atomic E-state index is 5.47. The van der Waals surface area contributed by atoms with Gasteiger partial charge in [-0.15, -0.1) is 0 Å². The van der Waals surface area contributed by atoms with Gasteiger partial charge < -0.3 is 10.1 Å². The minimum Gasteiger partial charge on any atom is -0.496 e. The van der Waals surface area contributed by atoms with E-state index in [-0.39, 0.29) is 0 Å². The number of benzene rings is 1. The van der Waals surface area contributed by atoms with E-state index in [1.54, 1.807) is 7.11 Å². The second kappa shape index (κ2) is 6.24. The lowest BCUT2D eigenvalue weighted by molar-refractivity contribution is 0.403. The van der Waals surface area contributed by atoms with Gasteiger partial charge in [0, 0.05) is 6.04 Å². The van der Waals surface area contributed by atoms with E-state index in [9.17, 15) is 0 Å². The number of hydrogen-bond donors (Lipinski definition) is 1. The Hall–Kier alpha value is -1.02. The molecule has 0 aromatic heterocycles. The van der Waals surface area contributed by atoms with Crippen LogP contribution in [0.2, 0.25) is 0 Å². The van der Waals surface area contributed by atoms with Gasteiger partial charge in [-0.2, -0.15) is 0 Å². The zero-order valence-corrected chi connectivity index (χ0v) is 11.8. The molecule has 0 bridgehead atoms. The van der Waals surface area contributed by atoms with Crippen molar-refractivity contribution in [2.75, 3.05) is 13.7 Å². The maximum absolute atomic E-state index is 5.47. The fraction of sp³-hybridized carbons (Fsp3) is 0.625. The van der Waals surface area contributed by atoms with Gasteiger partial charge in [-0.05, 0) is 56.7 Å². The number of methoxy groups -OCH3 is 1. The Labute approximate surface area is 111 Å². The third kappa shape index (κ3) is 3.26. The van der Waals surface area contributed by atoms with E-state index in [0.717, 1.165) is 30.7 Å². The molecule has 1 aliphatic carbocycles. The Morgan fingerprint density at radius 2 is 2.17 bits per heavy atom. The number of hydrogen-bond acceptors (Lipinski definition) is 2. The van der Waals surface area contributed by atoms with E-state index < -0.39 is 0 Å². The summed E-state index contributed by atoms with van der Waals surface area (Å²) in [5.74, 6) is 1.86. The van der Waals surface area contributed by atoms with Crippen LogP contribution >= 0.6 is 0 Å². The van der Waals surface area contributed by atoms with Crippen LogP contribution in [-0.4, -0.2) is 19.7 Å². The highest BCUT2D eigenvalue weighted by Gasteiger charge is 2.24. The van der Waals surface area contributed by atoms with Gasteiger partial charge >= 0.3 is 0 Å². The van der Waals surface area contributed by atoms with Crippen LogP contribution in [0.4, 0.5) is 0 Å². The summed E-state index contributed by atoms with van der Waals surface area (Å²) in [6, 6.07) is 7.23. The molecule has 100 valence electrons. The molecule has 18 heavy (non-hydrogen) atoms. The molecule has 0 heterocycles. The zero-order chi connectivity index (χ0) is 13.0. The first-order valence-corrected chi connectivity index (χ1v) is 7.09. The second-order valence-electron chi connectivity index (χ2n) is 5.45. The van der Waals surface area contributed by atoms with Crippen LogP contribution in [0, 0.1) is 12.8 Å². The van der Waals surface area contributed by atoms with Gasteiger partial charge in [-0.1, -0.05) is 24.6 Å².